The smallest absolute Gasteiger partial charge is 0.169 e. The molecule has 8 aromatic rings. The Balaban J connectivity index is 1.36. The second-order valence-corrected chi connectivity index (χ2v) is 13.1. The number of rotatable bonds is 9. The van der Waals surface area contributed by atoms with Crippen LogP contribution in [-0.2, 0) is 0 Å². The van der Waals surface area contributed by atoms with E-state index in [0.29, 0.717) is 11.5 Å². The lowest BCUT2D eigenvalue weighted by Gasteiger charge is -2.22. The van der Waals surface area contributed by atoms with Gasteiger partial charge in [-0.3, -0.25) is 0 Å². The fourth-order valence-corrected chi connectivity index (χ4v) is 7.09. The molecule has 0 heterocycles. The molecular formula is C46H38O4. The molecule has 4 nitrogen and oxygen atoms in total. The topological polar surface area (TPSA) is 58.9 Å². The quantitative estimate of drug-likeness (QED) is 0.163. The van der Waals surface area contributed by atoms with Crippen molar-refractivity contribution in [2.45, 2.75) is 26.1 Å². The Morgan fingerprint density at radius 1 is 0.440 bits per heavy atom. The Bertz CT molecular complexity index is 2500. The number of aliphatic hydroxyl groups is 2. The summed E-state index contributed by atoms with van der Waals surface area (Å²) in [6.07, 6.45) is -1.36. The van der Waals surface area contributed by atoms with Gasteiger partial charge in [0, 0.05) is 5.56 Å². The number of hydrogen-bond acceptors (Lipinski definition) is 4. The fourth-order valence-electron chi connectivity index (χ4n) is 7.09. The molecule has 4 heteroatoms. The van der Waals surface area contributed by atoms with Crippen LogP contribution in [0.4, 0.5) is 0 Å². The van der Waals surface area contributed by atoms with E-state index in [1.54, 1.807) is 13.8 Å². The average molecular weight is 655 g/mol. The monoisotopic (exact) mass is 654 g/mol. The number of fused-ring (bicyclic) bond motifs is 4. The van der Waals surface area contributed by atoms with Crippen LogP contribution in [0.1, 0.15) is 13.8 Å². The summed E-state index contributed by atoms with van der Waals surface area (Å²) in [7, 11) is 0. The van der Waals surface area contributed by atoms with Crippen LogP contribution in [-0.4, -0.2) is 35.6 Å². The maximum Gasteiger partial charge on any atom is 0.169 e. The Kier molecular flexibility index (Phi) is 8.41. The Hall–Kier alpha value is -5.68. The summed E-state index contributed by atoms with van der Waals surface area (Å²) in [6.45, 7) is 3.60. The number of ether oxygens (including phenoxy) is 2. The molecule has 0 saturated heterocycles. The van der Waals surface area contributed by atoms with Crippen molar-refractivity contribution in [3.63, 3.8) is 0 Å². The molecule has 0 bridgehead atoms. The lowest BCUT2D eigenvalue weighted by Crippen LogP contribution is -2.16. The Morgan fingerprint density at radius 3 is 1.54 bits per heavy atom. The van der Waals surface area contributed by atoms with Crippen LogP contribution in [0.15, 0.2) is 146 Å². The van der Waals surface area contributed by atoms with Gasteiger partial charge in [0.15, 0.2) is 11.5 Å². The van der Waals surface area contributed by atoms with E-state index in [4.69, 9.17) is 9.47 Å². The summed E-state index contributed by atoms with van der Waals surface area (Å²) in [5.41, 5.74) is 6.47. The third-order valence-electron chi connectivity index (χ3n) is 9.36. The largest absolute Gasteiger partial charge is 0.487 e. The first kappa shape index (κ1) is 31.6. The van der Waals surface area contributed by atoms with Gasteiger partial charge in [-0.05, 0) is 103 Å². The van der Waals surface area contributed by atoms with E-state index in [-0.39, 0.29) is 13.2 Å². The predicted octanol–water partition coefficient (Wildman–Crippen LogP) is 10.8. The number of benzene rings is 8. The van der Waals surface area contributed by atoms with Gasteiger partial charge in [0.05, 0.1) is 12.2 Å². The van der Waals surface area contributed by atoms with Gasteiger partial charge in [-0.1, -0.05) is 127 Å². The van der Waals surface area contributed by atoms with E-state index >= 15 is 0 Å². The molecule has 0 fully saturated rings. The van der Waals surface area contributed by atoms with Gasteiger partial charge < -0.3 is 19.7 Å². The molecule has 246 valence electrons. The van der Waals surface area contributed by atoms with Crippen LogP contribution in [0.2, 0.25) is 0 Å². The SMILES string of the molecule is CC(O)COc1cc2cc(-c3cccc4ccccc34)ccc2c(-c2cccc3cc(-c4cccc5ccccc45)ccc23)c1OCC(C)O. The molecule has 0 amide bonds. The van der Waals surface area contributed by atoms with Crippen molar-refractivity contribution >= 4 is 43.1 Å². The molecular weight excluding hydrogens is 617 g/mol. The zero-order valence-corrected chi connectivity index (χ0v) is 28.1. The van der Waals surface area contributed by atoms with E-state index < -0.39 is 12.2 Å². The summed E-state index contributed by atoms with van der Waals surface area (Å²) in [6, 6.07) is 51.3. The van der Waals surface area contributed by atoms with Crippen LogP contribution in [0.25, 0.3) is 76.5 Å². The summed E-state index contributed by atoms with van der Waals surface area (Å²) in [4.78, 5) is 0. The van der Waals surface area contributed by atoms with Crippen molar-refractivity contribution in [3.05, 3.63) is 146 Å². The van der Waals surface area contributed by atoms with Gasteiger partial charge in [-0.15, -0.1) is 0 Å². The van der Waals surface area contributed by atoms with Crippen LogP contribution in [0.5, 0.6) is 11.5 Å². The predicted molar refractivity (Wildman–Crippen MR) is 207 cm³/mol. The van der Waals surface area contributed by atoms with Gasteiger partial charge in [-0.25, -0.2) is 0 Å². The first-order valence-corrected chi connectivity index (χ1v) is 17.2. The lowest BCUT2D eigenvalue weighted by molar-refractivity contribution is 0.108. The molecule has 2 atom stereocenters. The summed E-state index contributed by atoms with van der Waals surface area (Å²) >= 11 is 0. The highest BCUT2D eigenvalue weighted by Gasteiger charge is 2.22. The highest BCUT2D eigenvalue weighted by Crippen LogP contribution is 2.48. The minimum atomic E-state index is -0.687. The summed E-state index contributed by atoms with van der Waals surface area (Å²) in [5.74, 6) is 1.07. The van der Waals surface area contributed by atoms with Crippen molar-refractivity contribution < 1.29 is 19.7 Å². The normalized spacial score (nSPS) is 12.8. The van der Waals surface area contributed by atoms with Crippen LogP contribution >= 0.6 is 0 Å². The molecule has 8 aromatic carbocycles. The first-order chi connectivity index (χ1) is 24.4. The molecule has 2 unspecified atom stereocenters. The van der Waals surface area contributed by atoms with Crippen LogP contribution < -0.4 is 9.47 Å². The molecule has 0 aromatic heterocycles. The third kappa shape index (κ3) is 5.94. The minimum Gasteiger partial charge on any atom is -0.487 e. The van der Waals surface area contributed by atoms with Crippen molar-refractivity contribution in [2.75, 3.05) is 13.2 Å². The van der Waals surface area contributed by atoms with E-state index in [9.17, 15) is 10.2 Å². The summed E-state index contributed by atoms with van der Waals surface area (Å²) in [5, 5.41) is 29.5. The summed E-state index contributed by atoms with van der Waals surface area (Å²) < 4.78 is 12.7. The van der Waals surface area contributed by atoms with Crippen molar-refractivity contribution in [2.24, 2.45) is 0 Å². The molecule has 0 aliphatic heterocycles. The molecule has 0 radical (unpaired) electrons. The fraction of sp³-hybridized carbons (Fsp3) is 0.130. The van der Waals surface area contributed by atoms with Gasteiger partial charge in [0.1, 0.15) is 13.2 Å². The highest BCUT2D eigenvalue weighted by atomic mass is 16.5. The molecule has 2 N–H and O–H groups in total. The molecule has 0 aliphatic rings. The molecule has 8 rings (SSSR count). The van der Waals surface area contributed by atoms with Crippen molar-refractivity contribution in [1.82, 2.24) is 0 Å². The molecule has 0 aliphatic carbocycles. The van der Waals surface area contributed by atoms with Gasteiger partial charge in [0.25, 0.3) is 0 Å². The molecule has 0 spiro atoms. The molecule has 0 saturated carbocycles. The van der Waals surface area contributed by atoms with Crippen LogP contribution in [0, 0.1) is 0 Å². The van der Waals surface area contributed by atoms with E-state index in [1.165, 1.54) is 27.1 Å². The van der Waals surface area contributed by atoms with Gasteiger partial charge >= 0.3 is 0 Å². The number of aliphatic hydroxyl groups excluding tert-OH is 2. The van der Waals surface area contributed by atoms with E-state index in [0.717, 1.165) is 49.4 Å². The maximum absolute atomic E-state index is 10.3. The van der Waals surface area contributed by atoms with Gasteiger partial charge in [-0.2, -0.15) is 0 Å². The van der Waals surface area contributed by atoms with E-state index in [1.807, 2.05) is 6.07 Å². The zero-order chi connectivity index (χ0) is 34.2. The second kappa shape index (κ2) is 13.3. The lowest BCUT2D eigenvalue weighted by atomic mass is 9.89. The Morgan fingerprint density at radius 2 is 0.920 bits per heavy atom. The number of hydrogen-bond donors (Lipinski definition) is 2. The second-order valence-electron chi connectivity index (χ2n) is 13.1. The van der Waals surface area contributed by atoms with E-state index in [2.05, 4.69) is 140 Å². The molecule has 50 heavy (non-hydrogen) atoms. The van der Waals surface area contributed by atoms with Crippen molar-refractivity contribution in [3.8, 4) is 44.9 Å². The standard InChI is InChI=1S/C46H38O4/c1-29(47)27-49-44-26-36-25-35(40-18-8-13-32-11-4-6-16-38(32)40)21-23-42(36)45(46(44)50-28-30(2)48)43-19-9-14-33-24-34(20-22-41(33)43)39-17-7-12-31-10-3-5-15-37(31)39/h3-26,29-30,47-48H,27-28H2,1-2H3. The highest BCUT2D eigenvalue weighted by molar-refractivity contribution is 6.11. The van der Waals surface area contributed by atoms with Crippen molar-refractivity contribution in [1.29, 1.82) is 0 Å². The average Bonchev–Trinajstić information content (AvgIpc) is 3.14. The third-order valence-corrected chi connectivity index (χ3v) is 9.36. The zero-order valence-electron chi connectivity index (χ0n) is 28.1. The maximum atomic E-state index is 10.3. The minimum absolute atomic E-state index is 0.0909. The van der Waals surface area contributed by atoms with Crippen LogP contribution in [0.3, 0.4) is 0 Å². The first-order valence-electron chi connectivity index (χ1n) is 17.2. The Labute approximate surface area is 291 Å². The van der Waals surface area contributed by atoms with Gasteiger partial charge in [0.2, 0.25) is 0 Å².